The molecule has 11 nitrogen and oxygen atoms in total. The fourth-order valence-corrected chi connectivity index (χ4v) is 5.74. The van der Waals surface area contributed by atoms with Crippen molar-refractivity contribution in [3.63, 3.8) is 0 Å². The van der Waals surface area contributed by atoms with Crippen molar-refractivity contribution in [2.75, 3.05) is 7.11 Å². The molecule has 1 aliphatic heterocycles. The molecule has 5 rings (SSSR count). The second kappa shape index (κ2) is 9.30. The van der Waals surface area contributed by atoms with Gasteiger partial charge in [0.25, 0.3) is 0 Å². The highest BCUT2D eigenvalue weighted by molar-refractivity contribution is 6.31. The van der Waals surface area contributed by atoms with Gasteiger partial charge in [-0.25, -0.2) is 0 Å². The number of nitrogens with two attached hydrogens (primary N) is 1. The van der Waals surface area contributed by atoms with E-state index in [1.165, 1.54) is 32.2 Å². The minimum atomic E-state index is -1.80. The highest BCUT2D eigenvalue weighted by Crippen LogP contribution is 2.52. The van der Waals surface area contributed by atoms with Crippen LogP contribution in [-0.4, -0.2) is 80.5 Å². The Bertz CT molecular complexity index is 1310. The molecule has 0 unspecified atom stereocenters. The molecule has 0 bridgehead atoms. The van der Waals surface area contributed by atoms with E-state index in [0.717, 1.165) is 0 Å². The standard InChI is InChI=1S/C27H31NO10/c1-10-22(30)14(28)7-17(37-10)38-16-9-27(35,11(2)29)8-13-19(16)26(34)21-20(24(13)32)23(31)12-5-4-6-15(36-3)18(12)25(21)33/h4-6,10-11,14,16-17,22,29-30,32,34-35H,7-9,28H2,1-3H3/t10-,11-,14-,16-,17+,22+,27+/m1/s1. The zero-order valence-electron chi connectivity index (χ0n) is 21.2. The van der Waals surface area contributed by atoms with Gasteiger partial charge in [0.05, 0.1) is 53.8 Å². The van der Waals surface area contributed by atoms with E-state index in [9.17, 15) is 35.1 Å². The van der Waals surface area contributed by atoms with Crippen LogP contribution in [-0.2, 0) is 15.9 Å². The summed E-state index contributed by atoms with van der Waals surface area (Å²) in [4.78, 5) is 27.1. The van der Waals surface area contributed by atoms with Crippen molar-refractivity contribution in [1.82, 2.24) is 0 Å². The van der Waals surface area contributed by atoms with Crippen LogP contribution in [0.5, 0.6) is 17.2 Å². The molecule has 204 valence electrons. The van der Waals surface area contributed by atoms with Crippen molar-refractivity contribution in [1.29, 1.82) is 0 Å². The van der Waals surface area contributed by atoms with E-state index in [4.69, 9.17) is 19.9 Å². The van der Waals surface area contributed by atoms with Crippen molar-refractivity contribution in [2.24, 2.45) is 5.73 Å². The summed E-state index contributed by atoms with van der Waals surface area (Å²) in [6, 6.07) is 3.80. The van der Waals surface area contributed by atoms with Gasteiger partial charge in [-0.3, -0.25) is 9.59 Å². The van der Waals surface area contributed by atoms with Gasteiger partial charge in [-0.05, 0) is 19.9 Å². The predicted octanol–water partition coefficient (Wildman–Crippen LogP) is 0.821. The maximum atomic E-state index is 13.6. The van der Waals surface area contributed by atoms with Crippen LogP contribution in [0.15, 0.2) is 18.2 Å². The Morgan fingerprint density at radius 1 is 1.13 bits per heavy atom. The monoisotopic (exact) mass is 529 g/mol. The van der Waals surface area contributed by atoms with Crippen LogP contribution in [0.4, 0.5) is 0 Å². The Labute approximate surface area is 218 Å². The summed E-state index contributed by atoms with van der Waals surface area (Å²) >= 11 is 0. The SMILES string of the molecule is COc1cccc2c1C(=O)c1c(O)c3c(c(O)c1C2=O)C[C@@](O)([C@@H](C)O)C[C@H]3O[C@H]1C[C@@H](N)[C@@H](O)[C@@H](C)O1. The summed E-state index contributed by atoms with van der Waals surface area (Å²) in [5, 5.41) is 54.7. The number of methoxy groups -OCH3 is 1. The van der Waals surface area contributed by atoms with Crippen molar-refractivity contribution < 1.29 is 49.3 Å². The third-order valence-electron chi connectivity index (χ3n) is 7.95. The van der Waals surface area contributed by atoms with Crippen molar-refractivity contribution >= 4 is 11.6 Å². The summed E-state index contributed by atoms with van der Waals surface area (Å²) in [5.74, 6) is -2.44. The maximum absolute atomic E-state index is 13.6. The molecule has 1 fully saturated rings. The maximum Gasteiger partial charge on any atom is 0.202 e. The van der Waals surface area contributed by atoms with Gasteiger partial charge < -0.3 is 45.5 Å². The number of benzene rings is 2. The fourth-order valence-electron chi connectivity index (χ4n) is 5.74. The summed E-state index contributed by atoms with van der Waals surface area (Å²) in [6.45, 7) is 3.00. The summed E-state index contributed by atoms with van der Waals surface area (Å²) in [5.41, 5.74) is 3.37. The number of ether oxygens (including phenoxy) is 3. The molecule has 38 heavy (non-hydrogen) atoms. The zero-order valence-corrected chi connectivity index (χ0v) is 21.2. The Balaban J connectivity index is 1.68. The van der Waals surface area contributed by atoms with Crippen LogP contribution in [0.2, 0.25) is 0 Å². The number of phenols is 2. The molecule has 7 N–H and O–H groups in total. The number of ketones is 2. The first-order valence-corrected chi connectivity index (χ1v) is 12.4. The number of aromatic hydroxyl groups is 2. The molecular formula is C27H31NO10. The predicted molar refractivity (Wildman–Crippen MR) is 131 cm³/mol. The fraction of sp³-hybridized carbons (Fsp3) is 0.481. The number of phenolic OH excluding ortho intramolecular Hbond substituents is 2. The third-order valence-corrected chi connectivity index (χ3v) is 7.95. The average Bonchev–Trinajstić information content (AvgIpc) is 2.87. The van der Waals surface area contributed by atoms with Crippen LogP contribution in [0.25, 0.3) is 0 Å². The number of rotatable bonds is 4. The molecule has 0 spiro atoms. The van der Waals surface area contributed by atoms with Gasteiger partial charge in [0.2, 0.25) is 5.78 Å². The minimum absolute atomic E-state index is 0.00187. The zero-order chi connectivity index (χ0) is 27.7. The lowest BCUT2D eigenvalue weighted by Gasteiger charge is -2.43. The Hall–Kier alpha value is -3.06. The second-order valence-electron chi connectivity index (χ2n) is 10.3. The number of carbonyl (C=O) groups is 2. The second-order valence-corrected chi connectivity index (χ2v) is 10.3. The molecule has 7 atom stereocenters. The van der Waals surface area contributed by atoms with Crippen LogP contribution in [0.3, 0.4) is 0 Å². The van der Waals surface area contributed by atoms with Gasteiger partial charge in [-0.2, -0.15) is 0 Å². The molecule has 0 radical (unpaired) electrons. The Morgan fingerprint density at radius 2 is 1.82 bits per heavy atom. The molecule has 3 aliphatic rings. The highest BCUT2D eigenvalue weighted by Gasteiger charge is 2.49. The van der Waals surface area contributed by atoms with Crippen LogP contribution in [0, 0.1) is 0 Å². The largest absolute Gasteiger partial charge is 0.507 e. The molecule has 1 heterocycles. The van der Waals surface area contributed by atoms with Gasteiger partial charge in [0.15, 0.2) is 12.1 Å². The van der Waals surface area contributed by atoms with E-state index in [0.29, 0.717) is 0 Å². The number of hydrogen-bond donors (Lipinski definition) is 6. The Kier molecular flexibility index (Phi) is 6.49. The topological polar surface area (TPSA) is 189 Å². The lowest BCUT2D eigenvalue weighted by atomic mass is 9.71. The summed E-state index contributed by atoms with van der Waals surface area (Å²) in [6.07, 6.45) is -5.47. The smallest absolute Gasteiger partial charge is 0.202 e. The molecule has 0 saturated carbocycles. The quantitative estimate of drug-likeness (QED) is 0.263. The van der Waals surface area contributed by atoms with Crippen molar-refractivity contribution in [2.45, 2.75) is 75.5 Å². The number of carbonyl (C=O) groups excluding carboxylic acids is 2. The number of fused-ring (bicyclic) bond motifs is 3. The van der Waals surface area contributed by atoms with Gasteiger partial charge in [-0.1, -0.05) is 12.1 Å². The molecule has 2 aliphatic carbocycles. The first-order chi connectivity index (χ1) is 17.9. The van der Waals surface area contributed by atoms with Crippen LogP contribution < -0.4 is 10.5 Å². The summed E-state index contributed by atoms with van der Waals surface area (Å²) < 4.78 is 17.1. The third kappa shape index (κ3) is 3.89. The van der Waals surface area contributed by atoms with E-state index in [1.807, 2.05) is 0 Å². The highest BCUT2D eigenvalue weighted by atomic mass is 16.7. The lowest BCUT2D eigenvalue weighted by molar-refractivity contribution is -0.250. The van der Waals surface area contributed by atoms with Crippen molar-refractivity contribution in [3.8, 4) is 17.2 Å². The molecule has 2 aromatic rings. The first-order valence-electron chi connectivity index (χ1n) is 12.4. The molecular weight excluding hydrogens is 498 g/mol. The molecule has 2 aromatic carbocycles. The van der Waals surface area contributed by atoms with Gasteiger partial charge in [-0.15, -0.1) is 0 Å². The Morgan fingerprint density at radius 3 is 2.45 bits per heavy atom. The average molecular weight is 530 g/mol. The number of aliphatic hydroxyl groups is 3. The normalized spacial score (nSPS) is 31.3. The van der Waals surface area contributed by atoms with Gasteiger partial charge >= 0.3 is 0 Å². The molecule has 11 heteroatoms. The molecule has 1 saturated heterocycles. The van der Waals surface area contributed by atoms with Gasteiger partial charge in [0.1, 0.15) is 17.2 Å². The minimum Gasteiger partial charge on any atom is -0.507 e. The van der Waals surface area contributed by atoms with E-state index < -0.39 is 76.5 Å². The number of aliphatic hydroxyl groups excluding tert-OH is 2. The molecule has 0 aromatic heterocycles. The summed E-state index contributed by atoms with van der Waals surface area (Å²) in [7, 11) is 1.35. The van der Waals surface area contributed by atoms with Crippen LogP contribution >= 0.6 is 0 Å². The first kappa shape index (κ1) is 26.5. The van der Waals surface area contributed by atoms with E-state index in [1.54, 1.807) is 6.92 Å². The lowest BCUT2D eigenvalue weighted by Crippen LogP contribution is -2.53. The van der Waals surface area contributed by atoms with E-state index >= 15 is 0 Å². The number of hydrogen-bond acceptors (Lipinski definition) is 11. The molecule has 0 amide bonds. The van der Waals surface area contributed by atoms with Gasteiger partial charge in [0, 0.05) is 42.0 Å². The van der Waals surface area contributed by atoms with E-state index in [2.05, 4.69) is 0 Å². The van der Waals surface area contributed by atoms with Crippen LogP contribution in [0.1, 0.15) is 75.8 Å². The van der Waals surface area contributed by atoms with E-state index in [-0.39, 0.29) is 47.3 Å². The van der Waals surface area contributed by atoms with Crippen molar-refractivity contribution in [3.05, 3.63) is 51.6 Å².